The van der Waals surface area contributed by atoms with E-state index in [4.69, 9.17) is 9.97 Å². The van der Waals surface area contributed by atoms with Crippen LogP contribution in [0.2, 0.25) is 0 Å². The first-order chi connectivity index (χ1) is 14.5. The molecule has 0 radical (unpaired) electrons. The summed E-state index contributed by atoms with van der Waals surface area (Å²) in [6.07, 6.45) is 5.51. The summed E-state index contributed by atoms with van der Waals surface area (Å²) in [5.74, 6) is 2.39. The van der Waals surface area contributed by atoms with E-state index in [0.717, 1.165) is 69.2 Å². The number of pyridine rings is 1. The minimum absolute atomic E-state index is 0.161. The zero-order valence-electron chi connectivity index (χ0n) is 18.3. The highest BCUT2D eigenvalue weighted by Gasteiger charge is 2.27. The Kier molecular flexibility index (Phi) is 6.27. The van der Waals surface area contributed by atoms with Crippen LogP contribution in [0.4, 0.5) is 5.82 Å². The summed E-state index contributed by atoms with van der Waals surface area (Å²) in [6, 6.07) is 6.26. The number of piperidine rings is 1. The lowest BCUT2D eigenvalue weighted by Crippen LogP contribution is -2.37. The highest BCUT2D eigenvalue weighted by atomic mass is 16.2. The molecule has 2 aromatic rings. The van der Waals surface area contributed by atoms with Gasteiger partial charge in [-0.05, 0) is 38.9 Å². The Morgan fingerprint density at radius 2 is 2.03 bits per heavy atom. The number of nitrogens with zero attached hydrogens (tertiary/aromatic N) is 5. The first kappa shape index (κ1) is 20.7. The number of likely N-dealkylation sites (N-methyl/N-ethyl adjacent to an activating group) is 1. The molecule has 0 aromatic carbocycles. The standard InChI is InChI=1S/C23H32N6O/c1-16(14-19-6-4-5-10-24-19)25-23-20-15-28(3)11-9-21(20)26-22(27-23)18-7-12-29(13-8-18)17(2)30/h4-6,10,16,18H,7-9,11-15H2,1-3H3,(H,25,26,27). The van der Waals surface area contributed by atoms with Gasteiger partial charge < -0.3 is 15.1 Å². The maximum Gasteiger partial charge on any atom is 0.219 e. The average Bonchev–Trinajstić information content (AvgIpc) is 2.74. The summed E-state index contributed by atoms with van der Waals surface area (Å²) in [5.41, 5.74) is 3.48. The number of rotatable bonds is 5. The van der Waals surface area contributed by atoms with Crippen molar-refractivity contribution >= 4 is 11.7 Å². The Morgan fingerprint density at radius 1 is 1.23 bits per heavy atom. The second-order valence-corrected chi connectivity index (χ2v) is 8.69. The molecule has 1 N–H and O–H groups in total. The normalized spacial score (nSPS) is 18.7. The molecule has 160 valence electrons. The predicted molar refractivity (Wildman–Crippen MR) is 117 cm³/mol. The largest absolute Gasteiger partial charge is 0.367 e. The topological polar surface area (TPSA) is 74.2 Å². The third-order valence-electron chi connectivity index (χ3n) is 6.20. The maximum absolute atomic E-state index is 11.7. The van der Waals surface area contributed by atoms with Crippen molar-refractivity contribution in [1.29, 1.82) is 0 Å². The van der Waals surface area contributed by atoms with Crippen LogP contribution in [-0.4, -0.2) is 63.4 Å². The molecule has 1 fully saturated rings. The summed E-state index contributed by atoms with van der Waals surface area (Å²) in [6.45, 7) is 7.31. The number of anilines is 1. The minimum Gasteiger partial charge on any atom is -0.367 e. The smallest absolute Gasteiger partial charge is 0.219 e. The van der Waals surface area contributed by atoms with E-state index in [0.29, 0.717) is 5.92 Å². The Hall–Kier alpha value is -2.54. The molecule has 7 heteroatoms. The number of nitrogens with one attached hydrogen (secondary N) is 1. The fraction of sp³-hybridized carbons (Fsp3) is 0.565. The van der Waals surface area contributed by atoms with Gasteiger partial charge in [-0.3, -0.25) is 9.78 Å². The second kappa shape index (κ2) is 9.08. The van der Waals surface area contributed by atoms with Crippen molar-refractivity contribution in [3.8, 4) is 0 Å². The lowest BCUT2D eigenvalue weighted by Gasteiger charge is -2.32. The van der Waals surface area contributed by atoms with Gasteiger partial charge in [-0.2, -0.15) is 0 Å². The van der Waals surface area contributed by atoms with Crippen LogP contribution in [0.15, 0.2) is 24.4 Å². The van der Waals surface area contributed by atoms with Crippen LogP contribution >= 0.6 is 0 Å². The van der Waals surface area contributed by atoms with Gasteiger partial charge >= 0.3 is 0 Å². The van der Waals surface area contributed by atoms with E-state index in [9.17, 15) is 4.79 Å². The fourth-order valence-electron chi connectivity index (χ4n) is 4.44. The maximum atomic E-state index is 11.7. The van der Waals surface area contributed by atoms with E-state index in [2.05, 4.69) is 35.2 Å². The average molecular weight is 409 g/mol. The summed E-state index contributed by atoms with van der Waals surface area (Å²) < 4.78 is 0. The van der Waals surface area contributed by atoms with Crippen molar-refractivity contribution in [2.75, 3.05) is 32.0 Å². The number of carbonyl (C=O) groups excluding carboxylic acids is 1. The number of amides is 1. The van der Waals surface area contributed by atoms with E-state index >= 15 is 0 Å². The van der Waals surface area contributed by atoms with Gasteiger partial charge in [0.05, 0.1) is 5.69 Å². The van der Waals surface area contributed by atoms with E-state index in [-0.39, 0.29) is 11.9 Å². The van der Waals surface area contributed by atoms with Crippen LogP contribution in [0.3, 0.4) is 0 Å². The molecule has 1 saturated heterocycles. The second-order valence-electron chi connectivity index (χ2n) is 8.69. The van der Waals surface area contributed by atoms with E-state index in [1.54, 1.807) is 6.92 Å². The molecule has 4 heterocycles. The zero-order valence-corrected chi connectivity index (χ0v) is 18.3. The number of hydrogen-bond acceptors (Lipinski definition) is 6. The Balaban J connectivity index is 1.55. The highest BCUT2D eigenvalue weighted by molar-refractivity contribution is 5.73. The molecule has 0 saturated carbocycles. The molecule has 2 aromatic heterocycles. The molecular formula is C23H32N6O. The molecular weight excluding hydrogens is 376 g/mol. The minimum atomic E-state index is 0.161. The first-order valence-electron chi connectivity index (χ1n) is 11.0. The molecule has 4 rings (SSSR count). The van der Waals surface area contributed by atoms with Crippen molar-refractivity contribution in [2.45, 2.75) is 58.0 Å². The summed E-state index contributed by atoms with van der Waals surface area (Å²) in [7, 11) is 2.15. The Labute approximate surface area is 178 Å². The molecule has 1 atom stereocenters. The van der Waals surface area contributed by atoms with Gasteiger partial charge in [-0.25, -0.2) is 9.97 Å². The van der Waals surface area contributed by atoms with Crippen LogP contribution in [0.5, 0.6) is 0 Å². The van der Waals surface area contributed by atoms with Crippen molar-refractivity contribution in [3.63, 3.8) is 0 Å². The fourth-order valence-corrected chi connectivity index (χ4v) is 4.44. The van der Waals surface area contributed by atoms with Gasteiger partial charge in [0.2, 0.25) is 5.91 Å². The first-order valence-corrected chi connectivity index (χ1v) is 11.0. The van der Waals surface area contributed by atoms with Gasteiger partial charge in [0.15, 0.2) is 0 Å². The number of carbonyl (C=O) groups is 1. The molecule has 0 bridgehead atoms. The summed E-state index contributed by atoms with van der Waals surface area (Å²) in [5, 5.41) is 3.66. The van der Waals surface area contributed by atoms with Gasteiger partial charge in [0, 0.05) is 75.4 Å². The van der Waals surface area contributed by atoms with Crippen molar-refractivity contribution in [3.05, 3.63) is 47.2 Å². The van der Waals surface area contributed by atoms with Gasteiger partial charge in [-0.15, -0.1) is 0 Å². The highest BCUT2D eigenvalue weighted by Crippen LogP contribution is 2.30. The molecule has 0 aliphatic carbocycles. The van der Waals surface area contributed by atoms with E-state index in [1.807, 2.05) is 23.2 Å². The van der Waals surface area contributed by atoms with Crippen LogP contribution in [0, 0.1) is 0 Å². The van der Waals surface area contributed by atoms with Crippen LogP contribution < -0.4 is 5.32 Å². The van der Waals surface area contributed by atoms with Crippen LogP contribution in [-0.2, 0) is 24.2 Å². The van der Waals surface area contributed by atoms with Gasteiger partial charge in [0.25, 0.3) is 0 Å². The molecule has 2 aliphatic heterocycles. The van der Waals surface area contributed by atoms with Crippen molar-refractivity contribution in [2.24, 2.45) is 0 Å². The third-order valence-corrected chi connectivity index (χ3v) is 6.20. The lowest BCUT2D eigenvalue weighted by molar-refractivity contribution is -0.129. The van der Waals surface area contributed by atoms with Gasteiger partial charge in [0.1, 0.15) is 11.6 Å². The van der Waals surface area contributed by atoms with Crippen molar-refractivity contribution < 1.29 is 4.79 Å². The molecule has 7 nitrogen and oxygen atoms in total. The zero-order chi connectivity index (χ0) is 21.1. The molecule has 0 spiro atoms. The van der Waals surface area contributed by atoms with E-state index in [1.165, 1.54) is 11.3 Å². The number of likely N-dealkylation sites (tertiary alicyclic amines) is 1. The summed E-state index contributed by atoms with van der Waals surface area (Å²) in [4.78, 5) is 30.4. The van der Waals surface area contributed by atoms with Crippen LogP contribution in [0.1, 0.15) is 55.4 Å². The molecule has 30 heavy (non-hydrogen) atoms. The molecule has 1 amide bonds. The lowest BCUT2D eigenvalue weighted by atomic mass is 9.95. The summed E-state index contributed by atoms with van der Waals surface area (Å²) >= 11 is 0. The Bertz CT molecular complexity index is 879. The SMILES string of the molecule is CC(=O)N1CCC(c2nc3c(c(NC(C)Cc4ccccn4)n2)CN(C)CC3)CC1. The number of aromatic nitrogens is 3. The number of fused-ring (bicyclic) bond motifs is 1. The number of hydrogen-bond donors (Lipinski definition) is 1. The molecule has 1 unspecified atom stereocenters. The monoisotopic (exact) mass is 408 g/mol. The molecule has 2 aliphatic rings. The van der Waals surface area contributed by atoms with E-state index < -0.39 is 0 Å². The van der Waals surface area contributed by atoms with Gasteiger partial charge in [-0.1, -0.05) is 6.07 Å². The quantitative estimate of drug-likeness (QED) is 0.820. The predicted octanol–water partition coefficient (Wildman–Crippen LogP) is 2.63. The Morgan fingerprint density at radius 3 is 2.73 bits per heavy atom. The van der Waals surface area contributed by atoms with Crippen LogP contribution in [0.25, 0.3) is 0 Å². The third kappa shape index (κ3) is 4.78. The van der Waals surface area contributed by atoms with Crippen molar-refractivity contribution in [1.82, 2.24) is 24.8 Å².